The molecule has 0 spiro atoms. The summed E-state index contributed by atoms with van der Waals surface area (Å²) in [6, 6.07) is 9.94. The molecule has 0 atom stereocenters. The average molecular weight is 239 g/mol. The minimum Gasteiger partial charge on any atom is -0.0837 e. The van der Waals surface area contributed by atoms with Crippen LogP contribution in [0.5, 0.6) is 0 Å². The molecule has 2 rings (SSSR count). The van der Waals surface area contributed by atoms with Crippen molar-refractivity contribution in [1.82, 2.24) is 0 Å². The molecule has 78 valence electrons. The van der Waals surface area contributed by atoms with Crippen LogP contribution in [0.4, 0.5) is 0 Å². The quantitative estimate of drug-likeness (QED) is 0.635. The van der Waals surface area contributed by atoms with Gasteiger partial charge in [0, 0.05) is 20.8 Å². The van der Waals surface area contributed by atoms with Crippen LogP contribution in [0.15, 0.2) is 30.3 Å². The largest absolute Gasteiger partial charge is 0.0837 e. The average Bonchev–Trinajstić information content (AvgIpc) is 2.23. The van der Waals surface area contributed by atoms with Crippen molar-refractivity contribution in [3.05, 3.63) is 45.9 Å². The molecular weight excluding hydrogens is 227 g/mol. The number of rotatable bonds is 1. The Morgan fingerprint density at radius 3 is 2.07 bits per heavy atom. The molecule has 15 heavy (non-hydrogen) atoms. The van der Waals surface area contributed by atoms with Gasteiger partial charge in [-0.2, -0.15) is 0 Å². The summed E-state index contributed by atoms with van der Waals surface area (Å²) >= 11 is 12.2. The Labute approximate surface area is 99.8 Å². The van der Waals surface area contributed by atoms with Crippen molar-refractivity contribution in [2.24, 2.45) is 0 Å². The van der Waals surface area contributed by atoms with E-state index in [9.17, 15) is 0 Å². The fraction of sp³-hybridized carbons (Fsp3) is 0.231. The predicted molar refractivity (Wildman–Crippen MR) is 68.1 cm³/mol. The van der Waals surface area contributed by atoms with Gasteiger partial charge < -0.3 is 0 Å². The van der Waals surface area contributed by atoms with Crippen molar-refractivity contribution >= 4 is 34.0 Å². The van der Waals surface area contributed by atoms with E-state index >= 15 is 0 Å². The first-order chi connectivity index (χ1) is 7.09. The maximum atomic E-state index is 6.15. The fourth-order valence-electron chi connectivity index (χ4n) is 1.65. The third kappa shape index (κ3) is 1.97. The predicted octanol–water partition coefficient (Wildman–Crippen LogP) is 5.27. The summed E-state index contributed by atoms with van der Waals surface area (Å²) < 4.78 is 0. The summed E-state index contributed by atoms with van der Waals surface area (Å²) in [5.41, 5.74) is 1.28. The molecule has 0 aliphatic carbocycles. The lowest BCUT2D eigenvalue weighted by Crippen LogP contribution is -1.87. The lowest BCUT2D eigenvalue weighted by Gasteiger charge is -2.08. The molecule has 2 heteroatoms. The highest BCUT2D eigenvalue weighted by Crippen LogP contribution is 2.31. The monoisotopic (exact) mass is 238 g/mol. The van der Waals surface area contributed by atoms with E-state index in [1.165, 1.54) is 5.56 Å². The number of hydrogen-bond acceptors (Lipinski definition) is 0. The third-order valence-electron chi connectivity index (χ3n) is 2.60. The van der Waals surface area contributed by atoms with Gasteiger partial charge in [-0.15, -0.1) is 0 Å². The molecule has 0 saturated heterocycles. The van der Waals surface area contributed by atoms with Crippen molar-refractivity contribution in [3.8, 4) is 0 Å². The maximum absolute atomic E-state index is 6.15. The molecule has 0 bridgehead atoms. The normalized spacial score (nSPS) is 11.3. The van der Waals surface area contributed by atoms with Gasteiger partial charge in [0.25, 0.3) is 0 Å². The van der Waals surface area contributed by atoms with Crippen LogP contribution in [0.25, 0.3) is 10.8 Å². The van der Waals surface area contributed by atoms with E-state index in [1.807, 2.05) is 18.2 Å². The summed E-state index contributed by atoms with van der Waals surface area (Å²) in [5.74, 6) is 0.504. The van der Waals surface area contributed by atoms with Gasteiger partial charge in [0.2, 0.25) is 0 Å². The first-order valence-corrected chi connectivity index (χ1v) is 5.73. The summed E-state index contributed by atoms with van der Waals surface area (Å²) in [6.45, 7) is 4.33. The molecule has 0 aliphatic heterocycles. The Morgan fingerprint density at radius 1 is 0.867 bits per heavy atom. The van der Waals surface area contributed by atoms with Gasteiger partial charge in [-0.25, -0.2) is 0 Å². The first kappa shape index (κ1) is 10.8. The fourth-order valence-corrected chi connectivity index (χ4v) is 2.10. The van der Waals surface area contributed by atoms with Gasteiger partial charge in [0.15, 0.2) is 0 Å². The van der Waals surface area contributed by atoms with Gasteiger partial charge in [-0.1, -0.05) is 49.2 Å². The molecule has 0 nitrogen and oxygen atoms in total. The van der Waals surface area contributed by atoms with Crippen LogP contribution in [0.2, 0.25) is 10.0 Å². The van der Waals surface area contributed by atoms with Gasteiger partial charge in [-0.05, 0) is 29.7 Å². The van der Waals surface area contributed by atoms with Crippen LogP contribution < -0.4 is 0 Å². The Morgan fingerprint density at radius 2 is 1.47 bits per heavy atom. The Kier molecular flexibility index (Phi) is 2.90. The lowest BCUT2D eigenvalue weighted by molar-refractivity contribution is 0.869. The van der Waals surface area contributed by atoms with Crippen LogP contribution in [-0.4, -0.2) is 0 Å². The molecule has 2 aromatic carbocycles. The van der Waals surface area contributed by atoms with Crippen LogP contribution in [0.3, 0.4) is 0 Å². The summed E-state index contributed by atoms with van der Waals surface area (Å²) in [4.78, 5) is 0. The number of halogens is 2. The summed E-state index contributed by atoms with van der Waals surface area (Å²) in [5, 5.41) is 3.57. The standard InChI is InChI=1S/C13H12Cl2/c1-8(2)9-3-4-10-11(7-9)13(15)6-5-12(10)14/h3-8H,1-2H3. The number of fused-ring (bicyclic) bond motifs is 1. The molecule has 0 aromatic heterocycles. The van der Waals surface area contributed by atoms with Gasteiger partial charge in [0.1, 0.15) is 0 Å². The minimum absolute atomic E-state index is 0.504. The van der Waals surface area contributed by atoms with E-state index in [0.717, 1.165) is 20.8 Å². The summed E-state index contributed by atoms with van der Waals surface area (Å²) in [6.07, 6.45) is 0. The van der Waals surface area contributed by atoms with Gasteiger partial charge in [0.05, 0.1) is 0 Å². The van der Waals surface area contributed by atoms with Crippen LogP contribution in [-0.2, 0) is 0 Å². The molecule has 0 saturated carbocycles. The minimum atomic E-state index is 0.504. The van der Waals surface area contributed by atoms with E-state index < -0.39 is 0 Å². The van der Waals surface area contributed by atoms with Crippen molar-refractivity contribution < 1.29 is 0 Å². The molecular formula is C13H12Cl2. The molecule has 0 N–H and O–H groups in total. The number of benzene rings is 2. The number of hydrogen-bond donors (Lipinski definition) is 0. The highest BCUT2D eigenvalue weighted by molar-refractivity contribution is 6.40. The molecule has 0 radical (unpaired) electrons. The zero-order valence-electron chi connectivity index (χ0n) is 8.72. The van der Waals surface area contributed by atoms with Crippen LogP contribution in [0.1, 0.15) is 25.3 Å². The van der Waals surface area contributed by atoms with Gasteiger partial charge >= 0.3 is 0 Å². The van der Waals surface area contributed by atoms with E-state index in [-0.39, 0.29) is 0 Å². The Balaban J connectivity index is 2.76. The molecule has 0 heterocycles. The zero-order valence-corrected chi connectivity index (χ0v) is 10.2. The third-order valence-corrected chi connectivity index (χ3v) is 3.26. The highest BCUT2D eigenvalue weighted by atomic mass is 35.5. The van der Waals surface area contributed by atoms with Crippen LogP contribution in [0, 0.1) is 0 Å². The molecule has 0 fully saturated rings. The second kappa shape index (κ2) is 4.03. The Hall–Kier alpha value is -0.720. The second-order valence-corrected chi connectivity index (χ2v) is 4.80. The lowest BCUT2D eigenvalue weighted by atomic mass is 9.99. The molecule has 0 amide bonds. The topological polar surface area (TPSA) is 0 Å². The van der Waals surface area contributed by atoms with Gasteiger partial charge in [-0.3, -0.25) is 0 Å². The van der Waals surface area contributed by atoms with Crippen molar-refractivity contribution in [2.75, 3.05) is 0 Å². The van der Waals surface area contributed by atoms with Crippen molar-refractivity contribution in [1.29, 1.82) is 0 Å². The SMILES string of the molecule is CC(C)c1ccc2c(Cl)ccc(Cl)c2c1. The first-order valence-electron chi connectivity index (χ1n) is 4.97. The van der Waals surface area contributed by atoms with Crippen molar-refractivity contribution in [3.63, 3.8) is 0 Å². The van der Waals surface area contributed by atoms with E-state index in [2.05, 4.69) is 26.0 Å². The molecule has 2 aromatic rings. The molecule has 0 unspecified atom stereocenters. The zero-order chi connectivity index (χ0) is 11.0. The smallest absolute Gasteiger partial charge is 0.0485 e. The summed E-state index contributed by atoms with van der Waals surface area (Å²) in [7, 11) is 0. The Bertz CT molecular complexity index is 501. The second-order valence-electron chi connectivity index (χ2n) is 3.99. The van der Waals surface area contributed by atoms with E-state index in [4.69, 9.17) is 23.2 Å². The van der Waals surface area contributed by atoms with Crippen molar-refractivity contribution in [2.45, 2.75) is 19.8 Å². The van der Waals surface area contributed by atoms with E-state index in [1.54, 1.807) is 0 Å². The van der Waals surface area contributed by atoms with E-state index in [0.29, 0.717) is 5.92 Å². The van der Waals surface area contributed by atoms with Crippen LogP contribution >= 0.6 is 23.2 Å². The molecule has 0 aliphatic rings. The highest BCUT2D eigenvalue weighted by Gasteiger charge is 2.06. The maximum Gasteiger partial charge on any atom is 0.0485 e.